The second kappa shape index (κ2) is 10.4. The van der Waals surface area contributed by atoms with E-state index in [9.17, 15) is 26.4 Å². The number of likely N-dealkylation sites (N-methyl/N-ethyl adjacent to an activating group) is 1. The van der Waals surface area contributed by atoms with E-state index in [1.807, 2.05) is 22.6 Å². The van der Waals surface area contributed by atoms with Crippen LogP contribution in [0.4, 0.5) is 35.0 Å². The molecule has 13 heteroatoms. The van der Waals surface area contributed by atoms with Crippen LogP contribution in [0, 0.1) is 21.0 Å². The van der Waals surface area contributed by atoms with E-state index in [-0.39, 0.29) is 24.5 Å². The van der Waals surface area contributed by atoms with Crippen LogP contribution >= 0.6 is 22.6 Å². The molecule has 0 radical (unpaired) electrons. The van der Waals surface area contributed by atoms with Crippen LogP contribution in [0.25, 0.3) is 0 Å². The minimum Gasteiger partial charge on any atom is -0.349 e. The van der Waals surface area contributed by atoms with Crippen molar-refractivity contribution in [2.45, 2.75) is 0 Å². The van der Waals surface area contributed by atoms with Crippen LogP contribution in [0.2, 0.25) is 0 Å². The number of benzene rings is 2. The first kappa shape index (κ1) is 25.0. The number of rotatable bonds is 8. The fourth-order valence-corrected chi connectivity index (χ4v) is 3.69. The number of hydrogen-bond donors (Lipinski definition) is 3. The SMILES string of the molecule is CN(C)C(=O)NCCN(C)S(=O)(=O)Nc1ccc(F)c(F)c1Nc1ccc(I)cc1F. The molecule has 3 N–H and O–H groups in total. The van der Waals surface area contributed by atoms with Crippen LogP contribution in [0.15, 0.2) is 30.3 Å². The molecule has 0 saturated carbocycles. The monoisotopic (exact) mass is 571 g/mol. The van der Waals surface area contributed by atoms with Crippen molar-refractivity contribution < 1.29 is 26.4 Å². The fraction of sp³-hybridized carbons (Fsp3) is 0.278. The maximum Gasteiger partial charge on any atom is 0.316 e. The Balaban J connectivity index is 2.23. The van der Waals surface area contributed by atoms with Crippen molar-refractivity contribution in [1.82, 2.24) is 14.5 Å². The van der Waals surface area contributed by atoms with Crippen molar-refractivity contribution in [2.75, 3.05) is 44.3 Å². The summed E-state index contributed by atoms with van der Waals surface area (Å²) < 4.78 is 71.2. The minimum atomic E-state index is -4.20. The highest BCUT2D eigenvalue weighted by Crippen LogP contribution is 2.32. The average molecular weight is 571 g/mol. The summed E-state index contributed by atoms with van der Waals surface area (Å²) in [6, 6.07) is 5.41. The van der Waals surface area contributed by atoms with Crippen LogP contribution in [0.3, 0.4) is 0 Å². The van der Waals surface area contributed by atoms with Crippen LogP contribution in [0.1, 0.15) is 0 Å². The zero-order valence-electron chi connectivity index (χ0n) is 16.8. The lowest BCUT2D eigenvalue weighted by atomic mass is 10.2. The summed E-state index contributed by atoms with van der Waals surface area (Å²) in [5.74, 6) is -3.34. The molecule has 0 heterocycles. The smallest absolute Gasteiger partial charge is 0.316 e. The van der Waals surface area contributed by atoms with Gasteiger partial charge in [-0.2, -0.15) is 12.7 Å². The van der Waals surface area contributed by atoms with Gasteiger partial charge in [-0.05, 0) is 52.9 Å². The molecule has 0 atom stereocenters. The van der Waals surface area contributed by atoms with Crippen LogP contribution in [-0.2, 0) is 10.2 Å². The largest absolute Gasteiger partial charge is 0.349 e. The molecule has 2 amide bonds. The maximum atomic E-state index is 14.4. The molecule has 0 saturated heterocycles. The van der Waals surface area contributed by atoms with Gasteiger partial charge in [0.15, 0.2) is 11.6 Å². The van der Waals surface area contributed by atoms with Crippen molar-refractivity contribution in [3.05, 3.63) is 51.4 Å². The molecule has 31 heavy (non-hydrogen) atoms. The van der Waals surface area contributed by atoms with E-state index in [4.69, 9.17) is 0 Å². The first-order chi connectivity index (χ1) is 14.4. The standard InChI is InChI=1S/C18H21F3IN5O3S/c1-26(2)18(28)23-8-9-27(3)31(29,30)25-15-7-5-12(19)16(21)17(15)24-14-6-4-11(22)10-13(14)20/h4-7,10,24-25H,8-9H2,1-3H3,(H,23,28). The van der Waals surface area contributed by atoms with E-state index in [1.54, 1.807) is 6.07 Å². The van der Waals surface area contributed by atoms with Crippen LogP contribution < -0.4 is 15.4 Å². The van der Waals surface area contributed by atoms with Crippen molar-refractivity contribution in [3.63, 3.8) is 0 Å². The molecule has 170 valence electrons. The molecular formula is C18H21F3IN5O3S. The summed E-state index contributed by atoms with van der Waals surface area (Å²) in [6.45, 7) is -0.0712. The summed E-state index contributed by atoms with van der Waals surface area (Å²) in [5.41, 5.74) is -1.05. The lowest BCUT2D eigenvalue weighted by Gasteiger charge is -2.21. The summed E-state index contributed by atoms with van der Waals surface area (Å²) in [4.78, 5) is 12.8. The van der Waals surface area contributed by atoms with Gasteiger partial charge in [0, 0.05) is 37.8 Å². The van der Waals surface area contributed by atoms with E-state index >= 15 is 0 Å². The highest BCUT2D eigenvalue weighted by Gasteiger charge is 2.22. The third-order valence-electron chi connectivity index (χ3n) is 4.04. The Morgan fingerprint density at radius 1 is 1.03 bits per heavy atom. The number of amides is 2. The second-order valence-electron chi connectivity index (χ2n) is 6.59. The number of nitrogens with one attached hydrogen (secondary N) is 3. The molecule has 2 aromatic rings. The molecule has 0 aromatic heterocycles. The molecular weight excluding hydrogens is 550 g/mol. The van der Waals surface area contributed by atoms with Gasteiger partial charge in [-0.15, -0.1) is 0 Å². The van der Waals surface area contributed by atoms with Crippen LogP contribution in [-0.4, -0.2) is 57.9 Å². The van der Waals surface area contributed by atoms with E-state index in [2.05, 4.69) is 15.4 Å². The van der Waals surface area contributed by atoms with Gasteiger partial charge in [-0.1, -0.05) is 0 Å². The number of urea groups is 1. The van der Waals surface area contributed by atoms with Gasteiger partial charge in [0.25, 0.3) is 0 Å². The molecule has 0 unspecified atom stereocenters. The average Bonchev–Trinajstić information content (AvgIpc) is 2.68. The Morgan fingerprint density at radius 2 is 1.68 bits per heavy atom. The molecule has 0 aliphatic carbocycles. The summed E-state index contributed by atoms with van der Waals surface area (Å²) in [7, 11) is 0.114. The van der Waals surface area contributed by atoms with Crippen molar-refractivity contribution >= 4 is 55.9 Å². The summed E-state index contributed by atoms with van der Waals surface area (Å²) in [6.07, 6.45) is 0. The summed E-state index contributed by atoms with van der Waals surface area (Å²) in [5, 5.41) is 4.92. The number of halogens is 4. The van der Waals surface area contributed by atoms with Gasteiger partial charge in [0.2, 0.25) is 0 Å². The molecule has 8 nitrogen and oxygen atoms in total. The number of hydrogen-bond acceptors (Lipinski definition) is 4. The minimum absolute atomic E-state index is 0.0190. The predicted octanol–water partition coefficient (Wildman–Crippen LogP) is 3.31. The van der Waals surface area contributed by atoms with Gasteiger partial charge in [-0.3, -0.25) is 4.72 Å². The van der Waals surface area contributed by atoms with Gasteiger partial charge >= 0.3 is 16.2 Å². The zero-order valence-corrected chi connectivity index (χ0v) is 19.8. The maximum absolute atomic E-state index is 14.4. The first-order valence-electron chi connectivity index (χ1n) is 8.81. The number of carbonyl (C=O) groups is 1. The fourth-order valence-electron chi connectivity index (χ4n) is 2.30. The topological polar surface area (TPSA) is 93.8 Å². The highest BCUT2D eigenvalue weighted by molar-refractivity contribution is 14.1. The second-order valence-corrected chi connectivity index (χ2v) is 9.61. The molecule has 0 fully saturated rings. The van der Waals surface area contributed by atoms with E-state index in [1.165, 1.54) is 38.2 Å². The molecule has 0 aliphatic rings. The van der Waals surface area contributed by atoms with E-state index < -0.39 is 39.4 Å². The van der Waals surface area contributed by atoms with Gasteiger partial charge in [-0.25, -0.2) is 18.0 Å². The molecule has 0 aliphatic heterocycles. The lowest BCUT2D eigenvalue weighted by molar-refractivity contribution is 0.217. The first-order valence-corrected chi connectivity index (χ1v) is 11.3. The molecule has 2 rings (SSSR count). The summed E-state index contributed by atoms with van der Waals surface area (Å²) >= 11 is 1.89. The van der Waals surface area contributed by atoms with Gasteiger partial charge in [0.1, 0.15) is 11.5 Å². The number of nitrogens with zero attached hydrogens (tertiary/aromatic N) is 2. The van der Waals surface area contributed by atoms with E-state index in [0.717, 1.165) is 16.4 Å². The predicted molar refractivity (Wildman–Crippen MR) is 121 cm³/mol. The molecule has 0 bridgehead atoms. The quantitative estimate of drug-likeness (QED) is 0.424. The van der Waals surface area contributed by atoms with Crippen LogP contribution in [0.5, 0.6) is 0 Å². The Morgan fingerprint density at radius 3 is 2.29 bits per heavy atom. The normalized spacial score (nSPS) is 11.4. The Kier molecular flexibility index (Phi) is 8.36. The van der Waals surface area contributed by atoms with Gasteiger partial charge < -0.3 is 15.5 Å². The third-order valence-corrected chi connectivity index (χ3v) is 6.20. The van der Waals surface area contributed by atoms with Crippen molar-refractivity contribution in [2.24, 2.45) is 0 Å². The van der Waals surface area contributed by atoms with Crippen molar-refractivity contribution in [3.8, 4) is 0 Å². The molecule has 2 aromatic carbocycles. The third kappa shape index (κ3) is 6.61. The van der Waals surface area contributed by atoms with E-state index in [0.29, 0.717) is 3.57 Å². The Hall–Kier alpha value is -2.26. The number of anilines is 3. The van der Waals surface area contributed by atoms with Crippen molar-refractivity contribution in [1.29, 1.82) is 0 Å². The highest BCUT2D eigenvalue weighted by atomic mass is 127. The Bertz CT molecular complexity index is 1070. The Labute approximate surface area is 192 Å². The lowest BCUT2D eigenvalue weighted by Crippen LogP contribution is -2.41. The number of carbonyl (C=O) groups excluding carboxylic acids is 1. The van der Waals surface area contributed by atoms with Gasteiger partial charge in [0.05, 0.1) is 11.4 Å². The molecule has 0 spiro atoms. The zero-order chi connectivity index (χ0) is 23.3.